The van der Waals surface area contributed by atoms with E-state index in [4.69, 9.17) is 21.1 Å². The highest BCUT2D eigenvalue weighted by atomic mass is 35.5. The van der Waals surface area contributed by atoms with Crippen molar-refractivity contribution in [2.75, 3.05) is 20.4 Å². The molecule has 1 rings (SSSR count). The van der Waals surface area contributed by atoms with Crippen LogP contribution in [0.1, 0.15) is 37.9 Å². The summed E-state index contributed by atoms with van der Waals surface area (Å²) in [7, 11) is 1.48. The summed E-state index contributed by atoms with van der Waals surface area (Å²) in [6.45, 7) is 6.68. The van der Waals surface area contributed by atoms with E-state index in [1.807, 2.05) is 0 Å². The van der Waals surface area contributed by atoms with Crippen LogP contribution in [0.2, 0.25) is 5.02 Å². The Balaban J connectivity index is 3.24. The van der Waals surface area contributed by atoms with Gasteiger partial charge in [0, 0.05) is 34.0 Å². The molecule has 1 aromatic rings. The maximum Gasteiger partial charge on any atom is 0.227 e. The topological polar surface area (TPSA) is 96.7 Å². The zero-order valence-corrected chi connectivity index (χ0v) is 16.0. The van der Waals surface area contributed by atoms with Gasteiger partial charge in [0.2, 0.25) is 6.54 Å². The number of benzene rings is 1. The van der Waals surface area contributed by atoms with Gasteiger partial charge >= 0.3 is 0 Å². The molecule has 0 aliphatic carbocycles. The van der Waals surface area contributed by atoms with Crippen LogP contribution in [0, 0.1) is 17.0 Å². The number of methoxy groups -OCH3 is 1. The Hall–Kier alpha value is -1.06. The molecule has 9 heteroatoms. The summed E-state index contributed by atoms with van der Waals surface area (Å²) in [6.07, 6.45) is 0. The zero-order valence-electron chi connectivity index (χ0n) is 14.4. The summed E-state index contributed by atoms with van der Waals surface area (Å²) in [6, 6.07) is 2.47. The Morgan fingerprint density at radius 3 is 2.54 bits per heavy atom. The predicted molar refractivity (Wildman–Crippen MR) is 94.3 cm³/mol. The highest BCUT2D eigenvalue weighted by Gasteiger charge is 2.33. The monoisotopic (exact) mass is 378 g/mol. The first-order valence-electron chi connectivity index (χ1n) is 7.28. The van der Waals surface area contributed by atoms with Crippen molar-refractivity contribution in [3.8, 4) is 5.75 Å². The van der Waals surface area contributed by atoms with Crippen molar-refractivity contribution >= 4 is 23.0 Å². The summed E-state index contributed by atoms with van der Waals surface area (Å²) < 4.78 is 25.0. The molecule has 0 bridgehead atoms. The Morgan fingerprint density at radius 1 is 1.42 bits per heavy atom. The highest BCUT2D eigenvalue weighted by molar-refractivity contribution is 7.90. The predicted octanol–water partition coefficient (Wildman–Crippen LogP) is 3.00. The molecule has 136 valence electrons. The average molecular weight is 379 g/mol. The van der Waals surface area contributed by atoms with Crippen molar-refractivity contribution < 1.29 is 18.9 Å². The van der Waals surface area contributed by atoms with Gasteiger partial charge in [-0.3, -0.25) is 10.1 Å². The second-order valence-corrected chi connectivity index (χ2v) is 8.66. The van der Waals surface area contributed by atoms with E-state index < -0.39 is 33.6 Å². The number of hydrogen-bond donors (Lipinski definition) is 1. The van der Waals surface area contributed by atoms with E-state index in [2.05, 4.69) is 4.72 Å². The summed E-state index contributed by atoms with van der Waals surface area (Å²) >= 11 is 4.67. The van der Waals surface area contributed by atoms with Crippen molar-refractivity contribution in [1.29, 1.82) is 0 Å². The lowest BCUT2D eigenvalue weighted by Crippen LogP contribution is -2.43. The molecule has 0 radical (unpaired) electrons. The van der Waals surface area contributed by atoms with E-state index in [9.17, 15) is 14.7 Å². The molecule has 0 aromatic heterocycles. The number of nitro groups is 1. The molecule has 1 unspecified atom stereocenters. The van der Waals surface area contributed by atoms with Gasteiger partial charge in [-0.15, -0.1) is 4.72 Å². The van der Waals surface area contributed by atoms with Gasteiger partial charge in [0.15, 0.2) is 6.79 Å². The normalized spacial score (nSPS) is 14.3. The van der Waals surface area contributed by atoms with Crippen molar-refractivity contribution in [3.05, 3.63) is 38.4 Å². The minimum Gasteiger partial charge on any atom is -0.598 e. The Morgan fingerprint density at radius 2 is 2.04 bits per heavy atom. The van der Waals surface area contributed by atoms with Gasteiger partial charge in [-0.2, -0.15) is 0 Å². The third-order valence-electron chi connectivity index (χ3n) is 3.14. The molecule has 0 fully saturated rings. The molecule has 0 aliphatic heterocycles. The lowest BCUT2D eigenvalue weighted by molar-refractivity contribution is -0.483. The Bertz CT molecular complexity index is 580. The second-order valence-electron chi connectivity index (χ2n) is 6.26. The van der Waals surface area contributed by atoms with Crippen LogP contribution in [0.5, 0.6) is 5.75 Å². The first kappa shape index (κ1) is 21.0. The summed E-state index contributed by atoms with van der Waals surface area (Å²) in [4.78, 5) is 10.6. The summed E-state index contributed by atoms with van der Waals surface area (Å²) in [5.41, 5.74) is 1.24. The number of halogens is 1. The Labute approximate surface area is 150 Å². The molecule has 0 saturated carbocycles. The molecule has 7 nitrogen and oxygen atoms in total. The number of nitrogens with one attached hydrogen (secondary N) is 1. The van der Waals surface area contributed by atoms with E-state index in [1.165, 1.54) is 7.11 Å². The molecule has 0 amide bonds. The average Bonchev–Trinajstić information content (AvgIpc) is 2.45. The van der Waals surface area contributed by atoms with E-state index >= 15 is 0 Å². The van der Waals surface area contributed by atoms with Crippen molar-refractivity contribution in [1.82, 2.24) is 4.72 Å². The van der Waals surface area contributed by atoms with Crippen molar-refractivity contribution in [2.45, 2.75) is 38.5 Å². The van der Waals surface area contributed by atoms with Gasteiger partial charge in [-0.05, 0) is 45.4 Å². The highest BCUT2D eigenvalue weighted by Crippen LogP contribution is 2.32. The van der Waals surface area contributed by atoms with Crippen molar-refractivity contribution in [2.24, 2.45) is 0 Å². The minimum atomic E-state index is -1.49. The fourth-order valence-corrected chi connectivity index (χ4v) is 2.83. The SMILES string of the molecule is COCOc1cc(C)c(Cl)cc1C(C[N+](=O)[O-])N[S@@+]([O-])C(C)(C)C. The molecule has 0 heterocycles. The minimum absolute atomic E-state index is 0.0123. The van der Waals surface area contributed by atoms with Crippen LogP contribution in [0.25, 0.3) is 0 Å². The lowest BCUT2D eigenvalue weighted by Gasteiger charge is -2.27. The van der Waals surface area contributed by atoms with Crippen LogP contribution >= 0.6 is 11.6 Å². The van der Waals surface area contributed by atoms with Crippen LogP contribution in [0.3, 0.4) is 0 Å². The maximum absolute atomic E-state index is 12.4. The van der Waals surface area contributed by atoms with Gasteiger partial charge in [0.1, 0.15) is 16.5 Å². The first-order chi connectivity index (χ1) is 11.1. The molecular weight excluding hydrogens is 356 g/mol. The summed E-state index contributed by atoms with van der Waals surface area (Å²) in [5.74, 6) is 0.406. The lowest BCUT2D eigenvalue weighted by atomic mass is 10.0. The molecule has 1 N–H and O–H groups in total. The van der Waals surface area contributed by atoms with Crippen LogP contribution in [0.4, 0.5) is 0 Å². The molecule has 0 spiro atoms. The maximum atomic E-state index is 12.4. The van der Waals surface area contributed by atoms with Gasteiger partial charge in [0.25, 0.3) is 0 Å². The fourth-order valence-electron chi connectivity index (χ4n) is 1.84. The molecule has 0 aliphatic rings. The van der Waals surface area contributed by atoms with Crippen LogP contribution < -0.4 is 9.46 Å². The number of hydrogen-bond acceptors (Lipinski definition) is 6. The zero-order chi connectivity index (χ0) is 18.5. The van der Waals surface area contributed by atoms with Crippen LogP contribution in [-0.4, -0.2) is 34.7 Å². The quantitative estimate of drug-likeness (QED) is 0.323. The number of nitrogens with zero attached hydrogens (tertiary/aromatic N) is 1. The smallest absolute Gasteiger partial charge is 0.227 e. The third-order valence-corrected chi connectivity index (χ3v) is 5.15. The molecular formula is C15H23ClN2O5S. The third kappa shape index (κ3) is 6.10. The number of ether oxygens (including phenoxy) is 2. The van der Waals surface area contributed by atoms with Gasteiger partial charge in [0.05, 0.1) is 0 Å². The second kappa shape index (κ2) is 8.87. The summed E-state index contributed by atoms with van der Waals surface area (Å²) in [5, 5.41) is 11.5. The molecule has 1 aromatic carbocycles. The Kier molecular flexibility index (Phi) is 7.75. The van der Waals surface area contributed by atoms with E-state index in [1.54, 1.807) is 39.8 Å². The number of aryl methyl sites for hydroxylation is 1. The fraction of sp³-hybridized carbons (Fsp3) is 0.600. The van der Waals surface area contributed by atoms with Gasteiger partial charge in [-0.1, -0.05) is 11.6 Å². The van der Waals surface area contributed by atoms with E-state index in [-0.39, 0.29) is 6.79 Å². The van der Waals surface area contributed by atoms with Crippen molar-refractivity contribution in [3.63, 3.8) is 0 Å². The van der Waals surface area contributed by atoms with Crippen LogP contribution in [-0.2, 0) is 16.1 Å². The standard InChI is InChI=1S/C15H23ClN2O5S/c1-10-6-14(23-9-22-5)11(7-12(10)16)13(8-18(19)20)17-24(21)15(2,3)4/h6-7,13,17H,8-9H2,1-5H3/t13?,24-/m0/s1. The van der Waals surface area contributed by atoms with Crippen LogP contribution in [0.15, 0.2) is 12.1 Å². The van der Waals surface area contributed by atoms with E-state index in [0.29, 0.717) is 16.3 Å². The molecule has 24 heavy (non-hydrogen) atoms. The van der Waals surface area contributed by atoms with Gasteiger partial charge in [-0.25, -0.2) is 0 Å². The largest absolute Gasteiger partial charge is 0.598 e. The molecule has 0 saturated heterocycles. The molecule has 2 atom stereocenters. The van der Waals surface area contributed by atoms with Gasteiger partial charge < -0.3 is 14.0 Å². The number of rotatable bonds is 8. The van der Waals surface area contributed by atoms with E-state index in [0.717, 1.165) is 5.56 Å². The first-order valence-corrected chi connectivity index (χ1v) is 8.80.